The van der Waals surface area contributed by atoms with Gasteiger partial charge in [0.05, 0.1) is 36.4 Å². The van der Waals surface area contributed by atoms with E-state index >= 15 is 0 Å². The maximum atomic E-state index is 12.8. The normalized spacial score (nSPS) is 10.8. The predicted molar refractivity (Wildman–Crippen MR) is 111 cm³/mol. The first-order chi connectivity index (χ1) is 14.7. The average Bonchev–Trinajstić information content (AvgIpc) is 3.22. The van der Waals surface area contributed by atoms with Crippen LogP contribution in [0.4, 0.5) is 0 Å². The molecule has 0 bridgehead atoms. The van der Waals surface area contributed by atoms with Crippen molar-refractivity contribution in [2.24, 2.45) is 0 Å². The highest BCUT2D eigenvalue weighted by Gasteiger charge is 2.14. The summed E-state index contributed by atoms with van der Waals surface area (Å²) in [6.45, 7) is 0.429. The monoisotopic (exact) mass is 419 g/mol. The molecule has 0 N–H and O–H groups in total. The van der Waals surface area contributed by atoms with Crippen LogP contribution >= 0.6 is 11.8 Å². The Balaban J connectivity index is 1.57. The number of hydrogen-bond donors (Lipinski definition) is 0. The van der Waals surface area contributed by atoms with E-state index < -0.39 is 0 Å². The Bertz CT molecular complexity index is 1280. The molecular formula is C20H17N7O2S. The second-order valence-electron chi connectivity index (χ2n) is 6.35. The summed E-state index contributed by atoms with van der Waals surface area (Å²) in [6.07, 6.45) is 0. The van der Waals surface area contributed by atoms with Crippen LogP contribution in [0.3, 0.4) is 0 Å². The number of hydrogen-bond acceptors (Lipinski definition) is 8. The molecular weight excluding hydrogens is 402 g/mol. The third-order valence-corrected chi connectivity index (χ3v) is 5.44. The number of ether oxygens (including phenoxy) is 1. The van der Waals surface area contributed by atoms with E-state index in [2.05, 4.69) is 20.5 Å². The lowest BCUT2D eigenvalue weighted by Gasteiger charge is -2.10. The summed E-state index contributed by atoms with van der Waals surface area (Å²) in [7, 11) is 1.62. The lowest BCUT2D eigenvalue weighted by molar-refractivity contribution is 0.414. The summed E-state index contributed by atoms with van der Waals surface area (Å²) >= 11 is 1.36. The Kier molecular flexibility index (Phi) is 5.72. The van der Waals surface area contributed by atoms with Crippen LogP contribution in [0.25, 0.3) is 10.9 Å². The molecule has 0 radical (unpaired) electrons. The summed E-state index contributed by atoms with van der Waals surface area (Å²) in [4.78, 5) is 17.4. The van der Waals surface area contributed by atoms with Gasteiger partial charge >= 0.3 is 0 Å². The van der Waals surface area contributed by atoms with Crippen LogP contribution in [0.2, 0.25) is 0 Å². The molecule has 0 aliphatic carbocycles. The van der Waals surface area contributed by atoms with Crippen molar-refractivity contribution in [3.8, 4) is 11.8 Å². The highest BCUT2D eigenvalue weighted by atomic mass is 32.2. The van der Waals surface area contributed by atoms with Gasteiger partial charge in [-0.25, -0.2) is 9.67 Å². The molecule has 0 unspecified atom stereocenters. The molecule has 0 saturated heterocycles. The minimum atomic E-state index is -0.226. The van der Waals surface area contributed by atoms with Gasteiger partial charge < -0.3 is 4.74 Å². The molecule has 0 fully saturated rings. The molecule has 0 atom stereocenters. The fourth-order valence-corrected chi connectivity index (χ4v) is 3.81. The van der Waals surface area contributed by atoms with Gasteiger partial charge in [-0.15, -0.1) is 5.10 Å². The molecule has 2 aromatic carbocycles. The Morgan fingerprint density at radius 2 is 1.97 bits per heavy atom. The van der Waals surface area contributed by atoms with Crippen molar-refractivity contribution in [3.63, 3.8) is 0 Å². The van der Waals surface area contributed by atoms with Gasteiger partial charge in [-0.2, -0.15) is 5.26 Å². The quantitative estimate of drug-likeness (QED) is 0.419. The lowest BCUT2D eigenvalue weighted by Crippen LogP contribution is -2.24. The third kappa shape index (κ3) is 4.01. The molecule has 4 aromatic rings. The van der Waals surface area contributed by atoms with E-state index in [0.29, 0.717) is 34.2 Å². The molecule has 0 aliphatic rings. The van der Waals surface area contributed by atoms with Crippen LogP contribution in [0, 0.1) is 11.3 Å². The molecule has 0 amide bonds. The molecule has 150 valence electrons. The van der Waals surface area contributed by atoms with E-state index in [0.717, 1.165) is 11.3 Å². The van der Waals surface area contributed by atoms with Crippen molar-refractivity contribution in [1.29, 1.82) is 5.26 Å². The molecule has 10 heteroatoms. The van der Waals surface area contributed by atoms with Gasteiger partial charge in [-0.1, -0.05) is 36.0 Å². The van der Waals surface area contributed by atoms with Crippen LogP contribution in [-0.2, 0) is 18.8 Å². The van der Waals surface area contributed by atoms with E-state index in [1.807, 2.05) is 36.4 Å². The number of rotatable bonds is 7. The fraction of sp³-hybridized carbons (Fsp3) is 0.200. The highest BCUT2D eigenvalue weighted by Crippen LogP contribution is 2.21. The van der Waals surface area contributed by atoms with Crippen molar-refractivity contribution in [1.82, 2.24) is 29.8 Å². The maximum Gasteiger partial charge on any atom is 0.262 e. The molecule has 2 aromatic heterocycles. The molecule has 9 nitrogen and oxygen atoms in total. The summed E-state index contributed by atoms with van der Waals surface area (Å²) in [5, 5.41) is 22.1. The number of nitriles is 1. The number of thioether (sulfide) groups is 1. The Morgan fingerprint density at radius 3 is 2.73 bits per heavy atom. The van der Waals surface area contributed by atoms with Gasteiger partial charge in [0.1, 0.15) is 18.1 Å². The summed E-state index contributed by atoms with van der Waals surface area (Å²) < 4.78 is 8.25. The number of aromatic nitrogens is 6. The Hall–Kier alpha value is -3.71. The predicted octanol–water partition coefficient (Wildman–Crippen LogP) is 2.26. The van der Waals surface area contributed by atoms with Crippen molar-refractivity contribution in [3.05, 3.63) is 70.3 Å². The smallest absolute Gasteiger partial charge is 0.262 e. The van der Waals surface area contributed by atoms with E-state index in [-0.39, 0.29) is 12.1 Å². The molecule has 0 aliphatic heterocycles. The third-order valence-electron chi connectivity index (χ3n) is 4.49. The number of methoxy groups -OCH3 is 1. The Labute approximate surface area is 175 Å². The minimum Gasteiger partial charge on any atom is -0.497 e. The molecule has 0 saturated carbocycles. The second kappa shape index (κ2) is 8.75. The number of benzene rings is 2. The van der Waals surface area contributed by atoms with Crippen LogP contribution in [0.15, 0.2) is 58.5 Å². The van der Waals surface area contributed by atoms with E-state index in [4.69, 9.17) is 10.00 Å². The molecule has 30 heavy (non-hydrogen) atoms. The van der Waals surface area contributed by atoms with E-state index in [1.165, 1.54) is 16.3 Å². The number of tetrazole rings is 1. The minimum absolute atomic E-state index is 0.0661. The number of fused-ring (bicyclic) bond motifs is 1. The van der Waals surface area contributed by atoms with Crippen LogP contribution in [0.5, 0.6) is 5.75 Å². The standard InChI is InChI=1S/C20H17N7O2S/c1-29-15-8-6-14(7-9-15)12-27-20(23-24-25-27)30-13-18-22-17-5-3-2-4-16(17)19(28)26(18)11-10-21/h2-9H,11-13H2,1H3. The zero-order valence-corrected chi connectivity index (χ0v) is 16.9. The second-order valence-corrected chi connectivity index (χ2v) is 7.29. The van der Waals surface area contributed by atoms with Crippen molar-refractivity contribution < 1.29 is 4.74 Å². The maximum absolute atomic E-state index is 12.8. The molecule has 4 rings (SSSR count). The first-order valence-corrected chi connectivity index (χ1v) is 10.1. The van der Waals surface area contributed by atoms with Gasteiger partial charge in [0, 0.05) is 0 Å². The van der Waals surface area contributed by atoms with E-state index in [1.54, 1.807) is 30.0 Å². The van der Waals surface area contributed by atoms with Gasteiger partial charge in [0.15, 0.2) is 0 Å². The zero-order valence-electron chi connectivity index (χ0n) is 16.1. The van der Waals surface area contributed by atoms with Gasteiger partial charge in [-0.05, 0) is 40.3 Å². The average molecular weight is 419 g/mol. The summed E-state index contributed by atoms with van der Waals surface area (Å²) in [5.74, 6) is 1.64. The topological polar surface area (TPSA) is 112 Å². The Morgan fingerprint density at radius 1 is 1.17 bits per heavy atom. The summed E-state index contributed by atoms with van der Waals surface area (Å²) in [5.41, 5.74) is 1.40. The van der Waals surface area contributed by atoms with Crippen LogP contribution in [-0.4, -0.2) is 36.9 Å². The number of para-hydroxylation sites is 1. The van der Waals surface area contributed by atoms with Gasteiger partial charge in [0.25, 0.3) is 5.56 Å². The molecule has 0 spiro atoms. The van der Waals surface area contributed by atoms with Gasteiger partial charge in [-0.3, -0.25) is 9.36 Å². The first-order valence-electron chi connectivity index (χ1n) is 9.07. The fourth-order valence-electron chi connectivity index (χ4n) is 2.99. The van der Waals surface area contributed by atoms with Crippen LogP contribution in [0.1, 0.15) is 11.4 Å². The van der Waals surface area contributed by atoms with Crippen LogP contribution < -0.4 is 10.3 Å². The molecule has 2 heterocycles. The van der Waals surface area contributed by atoms with Gasteiger partial charge in [0.2, 0.25) is 5.16 Å². The SMILES string of the molecule is COc1ccc(Cn2nnnc2SCc2nc3ccccc3c(=O)n2CC#N)cc1. The summed E-state index contributed by atoms with van der Waals surface area (Å²) in [6, 6.07) is 16.8. The largest absolute Gasteiger partial charge is 0.497 e. The zero-order chi connectivity index (χ0) is 20.9. The first kappa shape index (κ1) is 19.6. The van der Waals surface area contributed by atoms with Crippen molar-refractivity contribution in [2.75, 3.05) is 7.11 Å². The highest BCUT2D eigenvalue weighted by molar-refractivity contribution is 7.98. The van der Waals surface area contributed by atoms with Crippen molar-refractivity contribution in [2.45, 2.75) is 24.0 Å². The van der Waals surface area contributed by atoms with E-state index in [9.17, 15) is 4.79 Å². The lowest BCUT2D eigenvalue weighted by atomic mass is 10.2. The number of nitrogens with zero attached hydrogens (tertiary/aromatic N) is 7. The van der Waals surface area contributed by atoms with Crippen molar-refractivity contribution >= 4 is 22.7 Å².